The molecule has 2 N–H and O–H groups in total. The number of hydrogen-bond acceptors (Lipinski definition) is 1. The zero-order chi connectivity index (χ0) is 14.9. The van der Waals surface area contributed by atoms with E-state index in [0.717, 1.165) is 0 Å². The molecule has 0 aliphatic heterocycles. The predicted molar refractivity (Wildman–Crippen MR) is 72.5 cm³/mol. The quantitative estimate of drug-likeness (QED) is 0.747. The summed E-state index contributed by atoms with van der Waals surface area (Å²) in [5.41, 5.74) is 6.30. The van der Waals surface area contributed by atoms with E-state index in [-0.39, 0.29) is 24.3 Å². The Kier molecular flexibility index (Phi) is 4.74. The molecule has 0 aromatic heterocycles. The monoisotopic (exact) mass is 353 g/mol. The van der Waals surface area contributed by atoms with Gasteiger partial charge in [0.1, 0.15) is 5.82 Å². The summed E-state index contributed by atoms with van der Waals surface area (Å²) in [5.74, 6) is -2.11. The van der Waals surface area contributed by atoms with Gasteiger partial charge in [-0.05, 0) is 43.4 Å². The molecule has 0 heterocycles. The minimum Gasteiger partial charge on any atom is -0.324 e. The standard InChI is InChI=1S/C14H16BrF4N/c15-10-4-5-12(16)11(7-10)13(20)8-2-1-3-9(6-8)14(17,18)19/h4-5,7-9,13H,1-3,6,20H2. The van der Waals surface area contributed by atoms with Gasteiger partial charge in [0.15, 0.2) is 0 Å². The minimum absolute atomic E-state index is 0.0172. The number of rotatable bonds is 2. The van der Waals surface area contributed by atoms with Crippen molar-refractivity contribution in [1.82, 2.24) is 0 Å². The summed E-state index contributed by atoms with van der Waals surface area (Å²) in [6.45, 7) is 0. The van der Waals surface area contributed by atoms with Crippen LogP contribution in [-0.2, 0) is 0 Å². The maximum absolute atomic E-state index is 13.8. The molecular weight excluding hydrogens is 338 g/mol. The van der Waals surface area contributed by atoms with Crippen LogP contribution in [0.2, 0.25) is 0 Å². The van der Waals surface area contributed by atoms with Crippen molar-refractivity contribution in [2.75, 3.05) is 0 Å². The second-order valence-corrected chi connectivity index (χ2v) is 6.27. The summed E-state index contributed by atoms with van der Waals surface area (Å²) < 4.78 is 52.9. The van der Waals surface area contributed by atoms with Crippen molar-refractivity contribution in [3.63, 3.8) is 0 Å². The topological polar surface area (TPSA) is 26.0 Å². The van der Waals surface area contributed by atoms with Crippen LogP contribution in [0.1, 0.15) is 37.3 Å². The SMILES string of the molecule is NC(c1cc(Br)ccc1F)C1CCCC(C(F)(F)F)C1. The van der Waals surface area contributed by atoms with Gasteiger partial charge in [-0.1, -0.05) is 22.4 Å². The second-order valence-electron chi connectivity index (χ2n) is 5.36. The lowest BCUT2D eigenvalue weighted by Gasteiger charge is -2.34. The highest BCUT2D eigenvalue weighted by Crippen LogP contribution is 2.43. The third-order valence-electron chi connectivity index (χ3n) is 4.00. The Morgan fingerprint density at radius 1 is 1.25 bits per heavy atom. The molecule has 1 nitrogen and oxygen atoms in total. The van der Waals surface area contributed by atoms with Crippen LogP contribution >= 0.6 is 15.9 Å². The first-order valence-electron chi connectivity index (χ1n) is 6.56. The van der Waals surface area contributed by atoms with Crippen molar-refractivity contribution in [2.45, 2.75) is 37.9 Å². The van der Waals surface area contributed by atoms with E-state index in [4.69, 9.17) is 5.73 Å². The lowest BCUT2D eigenvalue weighted by molar-refractivity contribution is -0.186. The molecule has 0 saturated heterocycles. The number of halogens is 5. The van der Waals surface area contributed by atoms with E-state index in [1.807, 2.05) is 0 Å². The molecule has 1 aliphatic carbocycles. The van der Waals surface area contributed by atoms with Crippen LogP contribution in [0, 0.1) is 17.7 Å². The van der Waals surface area contributed by atoms with Gasteiger partial charge in [-0.15, -0.1) is 0 Å². The van der Waals surface area contributed by atoms with Crippen LogP contribution in [0.15, 0.2) is 22.7 Å². The number of alkyl halides is 3. The molecule has 20 heavy (non-hydrogen) atoms. The second kappa shape index (κ2) is 6.02. The van der Waals surface area contributed by atoms with Gasteiger partial charge < -0.3 is 5.73 Å². The molecule has 0 spiro atoms. The maximum Gasteiger partial charge on any atom is 0.391 e. The smallest absolute Gasteiger partial charge is 0.324 e. The van der Waals surface area contributed by atoms with Gasteiger partial charge in [-0.25, -0.2) is 4.39 Å². The predicted octanol–water partition coefficient (Wildman–Crippen LogP) is 4.96. The molecular formula is C14H16BrF4N. The van der Waals surface area contributed by atoms with Crippen molar-refractivity contribution in [1.29, 1.82) is 0 Å². The van der Waals surface area contributed by atoms with Crippen molar-refractivity contribution >= 4 is 15.9 Å². The highest BCUT2D eigenvalue weighted by molar-refractivity contribution is 9.10. The van der Waals surface area contributed by atoms with E-state index in [2.05, 4.69) is 15.9 Å². The Morgan fingerprint density at radius 2 is 1.95 bits per heavy atom. The Balaban J connectivity index is 2.16. The first kappa shape index (κ1) is 15.8. The van der Waals surface area contributed by atoms with E-state index in [9.17, 15) is 17.6 Å². The van der Waals surface area contributed by atoms with E-state index in [0.29, 0.717) is 17.3 Å². The van der Waals surface area contributed by atoms with Crippen molar-refractivity contribution in [3.8, 4) is 0 Å². The van der Waals surface area contributed by atoms with Crippen molar-refractivity contribution in [3.05, 3.63) is 34.1 Å². The fourth-order valence-electron chi connectivity index (χ4n) is 2.88. The van der Waals surface area contributed by atoms with Gasteiger partial charge in [0, 0.05) is 16.1 Å². The molecule has 3 unspecified atom stereocenters. The van der Waals surface area contributed by atoms with Gasteiger partial charge in [0.25, 0.3) is 0 Å². The molecule has 1 saturated carbocycles. The third-order valence-corrected chi connectivity index (χ3v) is 4.50. The summed E-state index contributed by atoms with van der Waals surface area (Å²) in [4.78, 5) is 0. The zero-order valence-corrected chi connectivity index (χ0v) is 12.3. The first-order chi connectivity index (χ1) is 9.29. The van der Waals surface area contributed by atoms with Crippen LogP contribution in [0.3, 0.4) is 0 Å². The summed E-state index contributed by atoms with van der Waals surface area (Å²) in [6.07, 6.45) is -2.96. The molecule has 1 aliphatic rings. The van der Waals surface area contributed by atoms with Gasteiger partial charge in [-0.3, -0.25) is 0 Å². The van der Waals surface area contributed by atoms with E-state index in [1.54, 1.807) is 12.1 Å². The third kappa shape index (κ3) is 3.52. The Labute approximate surface area is 123 Å². The summed E-state index contributed by atoms with van der Waals surface area (Å²) in [7, 11) is 0. The van der Waals surface area contributed by atoms with Gasteiger partial charge >= 0.3 is 6.18 Å². The molecule has 2 rings (SSSR count). The Morgan fingerprint density at radius 3 is 2.60 bits per heavy atom. The van der Waals surface area contributed by atoms with Crippen LogP contribution in [0.25, 0.3) is 0 Å². The number of hydrogen-bond donors (Lipinski definition) is 1. The zero-order valence-electron chi connectivity index (χ0n) is 10.8. The molecule has 3 atom stereocenters. The van der Waals surface area contributed by atoms with E-state index in [1.165, 1.54) is 6.07 Å². The highest BCUT2D eigenvalue weighted by atomic mass is 79.9. The van der Waals surface area contributed by atoms with Gasteiger partial charge in [0.2, 0.25) is 0 Å². The van der Waals surface area contributed by atoms with Crippen LogP contribution < -0.4 is 5.73 Å². The average Bonchev–Trinajstić information content (AvgIpc) is 2.40. The molecule has 1 aromatic carbocycles. The van der Waals surface area contributed by atoms with Gasteiger partial charge in [0.05, 0.1) is 5.92 Å². The molecule has 112 valence electrons. The van der Waals surface area contributed by atoms with Crippen LogP contribution in [0.5, 0.6) is 0 Å². The van der Waals surface area contributed by atoms with E-state index >= 15 is 0 Å². The number of nitrogens with two attached hydrogens (primary N) is 1. The molecule has 1 fully saturated rings. The fourth-order valence-corrected chi connectivity index (χ4v) is 3.25. The fraction of sp³-hybridized carbons (Fsp3) is 0.571. The molecule has 0 radical (unpaired) electrons. The van der Waals surface area contributed by atoms with Crippen molar-refractivity contribution < 1.29 is 17.6 Å². The maximum atomic E-state index is 13.8. The number of benzene rings is 1. The molecule has 1 aromatic rings. The Bertz CT molecular complexity index is 475. The van der Waals surface area contributed by atoms with Crippen molar-refractivity contribution in [2.24, 2.45) is 17.6 Å². The summed E-state index contributed by atoms with van der Waals surface area (Å²) >= 11 is 3.23. The van der Waals surface area contributed by atoms with Gasteiger partial charge in [-0.2, -0.15) is 13.2 Å². The first-order valence-corrected chi connectivity index (χ1v) is 7.35. The van der Waals surface area contributed by atoms with Crippen LogP contribution in [-0.4, -0.2) is 6.18 Å². The lowest BCUT2D eigenvalue weighted by atomic mass is 9.76. The van der Waals surface area contributed by atoms with Crippen LogP contribution in [0.4, 0.5) is 17.6 Å². The molecule has 0 amide bonds. The highest BCUT2D eigenvalue weighted by Gasteiger charge is 2.43. The van der Waals surface area contributed by atoms with E-state index < -0.39 is 24.0 Å². The summed E-state index contributed by atoms with van der Waals surface area (Å²) in [6, 6.07) is 3.68. The average molecular weight is 354 g/mol. The largest absolute Gasteiger partial charge is 0.391 e. The molecule has 6 heteroatoms. The summed E-state index contributed by atoms with van der Waals surface area (Å²) in [5, 5.41) is 0. The minimum atomic E-state index is -4.19. The normalized spacial score (nSPS) is 25.5. The Hall–Kier alpha value is -0.620. The lowest BCUT2D eigenvalue weighted by Crippen LogP contribution is -2.33. The molecule has 0 bridgehead atoms.